The minimum absolute atomic E-state index is 0.00651. The first-order chi connectivity index (χ1) is 10.6. The molecule has 0 aromatic heterocycles. The van der Waals surface area contributed by atoms with Gasteiger partial charge in [-0.2, -0.15) is 0 Å². The number of hydrogen-bond acceptors (Lipinski definition) is 2. The summed E-state index contributed by atoms with van der Waals surface area (Å²) in [4.78, 5) is 11.9. The van der Waals surface area contributed by atoms with Crippen LogP contribution in [0.25, 0.3) is 0 Å². The highest BCUT2D eigenvalue weighted by molar-refractivity contribution is 9.10. The van der Waals surface area contributed by atoms with Crippen LogP contribution in [0.3, 0.4) is 0 Å². The van der Waals surface area contributed by atoms with Gasteiger partial charge in [0.05, 0.1) is 5.69 Å². The van der Waals surface area contributed by atoms with Gasteiger partial charge in [0.1, 0.15) is 5.75 Å². The van der Waals surface area contributed by atoms with Crippen molar-refractivity contribution < 1.29 is 9.53 Å². The Labute approximate surface area is 139 Å². The third-order valence-corrected chi connectivity index (χ3v) is 3.89. The van der Waals surface area contributed by atoms with Gasteiger partial charge in [-0.1, -0.05) is 31.5 Å². The molecule has 4 heteroatoms. The number of benzene rings is 2. The maximum absolute atomic E-state index is 11.9. The molecule has 0 saturated heterocycles. The van der Waals surface area contributed by atoms with Crippen molar-refractivity contribution in [1.82, 2.24) is 0 Å². The van der Waals surface area contributed by atoms with E-state index in [1.54, 1.807) is 0 Å². The van der Waals surface area contributed by atoms with Gasteiger partial charge in [-0.25, -0.2) is 0 Å². The number of ether oxygens (including phenoxy) is 1. The molecule has 0 bridgehead atoms. The van der Waals surface area contributed by atoms with Crippen molar-refractivity contribution in [2.24, 2.45) is 0 Å². The second-order valence-corrected chi connectivity index (χ2v) is 6.07. The molecular weight excluding hydrogens is 342 g/mol. The molecule has 2 aromatic carbocycles. The first-order valence-electron chi connectivity index (χ1n) is 7.36. The van der Waals surface area contributed by atoms with Crippen molar-refractivity contribution in [2.75, 3.05) is 11.9 Å². The largest absolute Gasteiger partial charge is 0.484 e. The van der Waals surface area contributed by atoms with Crippen molar-refractivity contribution in [1.29, 1.82) is 0 Å². The highest BCUT2D eigenvalue weighted by Crippen LogP contribution is 2.23. The van der Waals surface area contributed by atoms with E-state index in [9.17, 15) is 4.79 Å². The van der Waals surface area contributed by atoms with Crippen LogP contribution in [-0.2, 0) is 11.2 Å². The van der Waals surface area contributed by atoms with Gasteiger partial charge in [0.15, 0.2) is 6.61 Å². The van der Waals surface area contributed by atoms with Gasteiger partial charge in [-0.05, 0) is 64.7 Å². The fourth-order valence-corrected chi connectivity index (χ4v) is 2.69. The predicted molar refractivity (Wildman–Crippen MR) is 93.4 cm³/mol. The summed E-state index contributed by atoms with van der Waals surface area (Å²) in [6.07, 6.45) is 2.18. The lowest BCUT2D eigenvalue weighted by atomic mass is 10.1. The van der Waals surface area contributed by atoms with Crippen LogP contribution >= 0.6 is 15.9 Å². The molecule has 22 heavy (non-hydrogen) atoms. The molecule has 2 rings (SSSR count). The molecule has 0 aliphatic carbocycles. The van der Waals surface area contributed by atoms with Gasteiger partial charge in [0.25, 0.3) is 5.91 Å². The van der Waals surface area contributed by atoms with E-state index in [0.29, 0.717) is 5.75 Å². The maximum atomic E-state index is 11.9. The molecule has 1 N–H and O–H groups in total. The van der Waals surface area contributed by atoms with Crippen LogP contribution in [0.4, 0.5) is 5.69 Å². The van der Waals surface area contributed by atoms with Gasteiger partial charge in [0.2, 0.25) is 0 Å². The van der Waals surface area contributed by atoms with Crippen LogP contribution in [0, 0.1) is 6.92 Å². The Bertz CT molecular complexity index is 638. The van der Waals surface area contributed by atoms with Crippen molar-refractivity contribution in [3.63, 3.8) is 0 Å². The number of rotatable bonds is 6. The number of amides is 1. The minimum atomic E-state index is -0.179. The third-order valence-electron chi connectivity index (χ3n) is 3.23. The molecule has 0 spiro atoms. The van der Waals surface area contributed by atoms with Gasteiger partial charge >= 0.3 is 0 Å². The fraction of sp³-hybridized carbons (Fsp3) is 0.278. The number of carbonyl (C=O) groups is 1. The molecular formula is C18H20BrNO2. The van der Waals surface area contributed by atoms with E-state index in [2.05, 4.69) is 28.2 Å². The molecule has 0 fully saturated rings. The lowest BCUT2D eigenvalue weighted by molar-refractivity contribution is -0.118. The third kappa shape index (κ3) is 4.88. The van der Waals surface area contributed by atoms with E-state index in [0.717, 1.165) is 28.6 Å². The summed E-state index contributed by atoms with van der Waals surface area (Å²) in [7, 11) is 0. The number of nitrogens with one attached hydrogen (secondary N) is 1. The first kappa shape index (κ1) is 16.6. The Morgan fingerprint density at radius 1 is 1.18 bits per heavy atom. The zero-order valence-electron chi connectivity index (χ0n) is 12.9. The number of hydrogen-bond donors (Lipinski definition) is 1. The SMILES string of the molecule is CCCc1ccc(OCC(=O)Nc2ccc(C)cc2Br)cc1. The molecule has 1 amide bonds. The Kier molecular flexibility index (Phi) is 6.01. The summed E-state index contributed by atoms with van der Waals surface area (Å²) in [5, 5.41) is 2.83. The van der Waals surface area contributed by atoms with E-state index in [1.807, 2.05) is 49.4 Å². The second kappa shape index (κ2) is 7.99. The van der Waals surface area contributed by atoms with Crippen LogP contribution in [-0.4, -0.2) is 12.5 Å². The molecule has 0 unspecified atom stereocenters. The molecule has 0 radical (unpaired) electrons. The Morgan fingerprint density at radius 2 is 1.91 bits per heavy atom. The number of anilines is 1. The van der Waals surface area contributed by atoms with Crippen LogP contribution in [0.15, 0.2) is 46.9 Å². The van der Waals surface area contributed by atoms with Gasteiger partial charge in [0, 0.05) is 4.47 Å². The normalized spacial score (nSPS) is 10.3. The number of halogens is 1. The maximum Gasteiger partial charge on any atom is 0.262 e. The van der Waals surface area contributed by atoms with Crippen molar-refractivity contribution in [2.45, 2.75) is 26.7 Å². The van der Waals surface area contributed by atoms with Crippen molar-refractivity contribution in [3.05, 3.63) is 58.1 Å². The molecule has 0 heterocycles. The highest BCUT2D eigenvalue weighted by atomic mass is 79.9. The molecule has 0 aliphatic rings. The van der Waals surface area contributed by atoms with Crippen LogP contribution in [0.2, 0.25) is 0 Å². The topological polar surface area (TPSA) is 38.3 Å². The Balaban J connectivity index is 1.87. The lowest BCUT2D eigenvalue weighted by Gasteiger charge is -2.10. The highest BCUT2D eigenvalue weighted by Gasteiger charge is 2.06. The molecule has 0 atom stereocenters. The summed E-state index contributed by atoms with van der Waals surface area (Å²) in [6, 6.07) is 13.7. The Morgan fingerprint density at radius 3 is 2.55 bits per heavy atom. The summed E-state index contributed by atoms with van der Waals surface area (Å²) < 4.78 is 6.37. The van der Waals surface area contributed by atoms with E-state index >= 15 is 0 Å². The second-order valence-electron chi connectivity index (χ2n) is 5.21. The van der Waals surface area contributed by atoms with Crippen molar-refractivity contribution in [3.8, 4) is 5.75 Å². The van der Waals surface area contributed by atoms with Gasteiger partial charge in [-0.15, -0.1) is 0 Å². The van der Waals surface area contributed by atoms with E-state index < -0.39 is 0 Å². The van der Waals surface area contributed by atoms with Crippen LogP contribution in [0.1, 0.15) is 24.5 Å². The van der Waals surface area contributed by atoms with E-state index in [4.69, 9.17) is 4.74 Å². The van der Waals surface area contributed by atoms with Gasteiger partial charge in [-0.3, -0.25) is 4.79 Å². The predicted octanol–water partition coefficient (Wildman–Crippen LogP) is 4.73. The zero-order valence-corrected chi connectivity index (χ0v) is 14.4. The Hall–Kier alpha value is -1.81. The van der Waals surface area contributed by atoms with Crippen LogP contribution in [0.5, 0.6) is 5.75 Å². The van der Waals surface area contributed by atoms with E-state index in [1.165, 1.54) is 5.56 Å². The van der Waals surface area contributed by atoms with Gasteiger partial charge < -0.3 is 10.1 Å². The average molecular weight is 362 g/mol. The monoisotopic (exact) mass is 361 g/mol. The first-order valence-corrected chi connectivity index (χ1v) is 8.15. The lowest BCUT2D eigenvalue weighted by Crippen LogP contribution is -2.20. The molecule has 3 nitrogen and oxygen atoms in total. The number of carbonyl (C=O) groups excluding carboxylic acids is 1. The average Bonchev–Trinajstić information content (AvgIpc) is 2.50. The molecule has 0 saturated carbocycles. The fourth-order valence-electron chi connectivity index (χ4n) is 2.10. The standard InChI is InChI=1S/C18H20BrNO2/c1-3-4-14-6-8-15(9-7-14)22-12-18(21)20-17-10-5-13(2)11-16(17)19/h5-11H,3-4,12H2,1-2H3,(H,20,21). The smallest absolute Gasteiger partial charge is 0.262 e. The van der Waals surface area contributed by atoms with E-state index in [-0.39, 0.29) is 12.5 Å². The summed E-state index contributed by atoms with van der Waals surface area (Å²) in [5.41, 5.74) is 3.16. The minimum Gasteiger partial charge on any atom is -0.484 e. The van der Waals surface area contributed by atoms with Crippen molar-refractivity contribution >= 4 is 27.5 Å². The zero-order chi connectivity index (χ0) is 15.9. The van der Waals surface area contributed by atoms with Crippen LogP contribution < -0.4 is 10.1 Å². The summed E-state index contributed by atoms with van der Waals surface area (Å²) in [5.74, 6) is 0.528. The number of aryl methyl sites for hydroxylation is 2. The molecule has 0 aliphatic heterocycles. The molecule has 116 valence electrons. The summed E-state index contributed by atoms with van der Waals surface area (Å²) >= 11 is 3.44. The summed E-state index contributed by atoms with van der Waals surface area (Å²) in [6.45, 7) is 4.15. The molecule has 2 aromatic rings. The quantitative estimate of drug-likeness (QED) is 0.807.